The van der Waals surface area contributed by atoms with Crippen molar-refractivity contribution < 1.29 is 22.8 Å². The topological polar surface area (TPSA) is 83.8 Å². The Morgan fingerprint density at radius 1 is 0.778 bits per heavy atom. The van der Waals surface area contributed by atoms with Crippen LogP contribution in [0.3, 0.4) is 0 Å². The lowest BCUT2D eigenvalue weighted by molar-refractivity contribution is 0.178. The maximum atomic E-state index is 12.9. The summed E-state index contributed by atoms with van der Waals surface area (Å²) in [5, 5.41) is 19.7. The largest absolute Gasteiger partial charge is 0.508 e. The van der Waals surface area contributed by atoms with Crippen LogP contribution in [0, 0.1) is 13.8 Å². The molecule has 0 aromatic heterocycles. The van der Waals surface area contributed by atoms with E-state index >= 15 is 0 Å². The molecular weight excluding hydrogens is 368 g/mol. The average Bonchev–Trinajstić information content (AvgIpc) is 2.84. The van der Waals surface area contributed by atoms with Crippen molar-refractivity contribution in [1.82, 2.24) is 0 Å². The van der Waals surface area contributed by atoms with E-state index in [0.717, 1.165) is 0 Å². The highest BCUT2D eigenvalue weighted by molar-refractivity contribution is 7.87. The standard InChI is InChI=1S/C21H18O5S/c1-13-11-15(22)7-9-17(13)21(18-10-8-16(23)12-14(18)2)19-5-3-4-6-20(19)27(24,25)26-21/h3-12,22-23H,1-2H3/i1+2,2+2. The summed E-state index contributed by atoms with van der Waals surface area (Å²) in [6, 6.07) is 16.2. The minimum Gasteiger partial charge on any atom is -0.508 e. The average molecular weight is 386 g/mol. The summed E-state index contributed by atoms with van der Waals surface area (Å²) in [7, 11) is -3.99. The van der Waals surface area contributed by atoms with E-state index < -0.39 is 15.7 Å². The van der Waals surface area contributed by atoms with E-state index in [2.05, 4.69) is 0 Å². The molecule has 0 saturated carbocycles. The van der Waals surface area contributed by atoms with Crippen molar-refractivity contribution in [2.45, 2.75) is 24.3 Å². The van der Waals surface area contributed by atoms with E-state index in [4.69, 9.17) is 4.18 Å². The number of aryl methyl sites for hydroxylation is 2. The quantitative estimate of drug-likeness (QED) is 0.656. The molecule has 1 aliphatic rings. The normalized spacial score (nSPS) is 16.8. The smallest absolute Gasteiger partial charge is 0.298 e. The Hall–Kier alpha value is -2.83. The predicted octanol–water partition coefficient (Wildman–Crippen LogP) is 3.73. The lowest BCUT2D eigenvalue weighted by Crippen LogP contribution is -2.31. The summed E-state index contributed by atoms with van der Waals surface area (Å²) < 4.78 is 31.5. The van der Waals surface area contributed by atoms with Crippen molar-refractivity contribution in [3.8, 4) is 11.5 Å². The highest BCUT2D eigenvalue weighted by Gasteiger charge is 2.52. The summed E-state index contributed by atoms with van der Waals surface area (Å²) in [5.74, 6) is 0.172. The highest BCUT2D eigenvalue weighted by Crippen LogP contribution is 2.52. The first-order chi connectivity index (χ1) is 12.8. The van der Waals surface area contributed by atoms with Crippen molar-refractivity contribution in [3.05, 3.63) is 88.5 Å². The Labute approximate surface area is 157 Å². The van der Waals surface area contributed by atoms with Crippen molar-refractivity contribution >= 4 is 10.1 Å². The number of phenolic OH excluding ortho intramolecular Hbond substituents is 2. The van der Waals surface area contributed by atoms with Crippen LogP contribution in [0.4, 0.5) is 0 Å². The van der Waals surface area contributed by atoms with Crippen LogP contribution in [0.15, 0.2) is 65.6 Å². The summed E-state index contributed by atoms with van der Waals surface area (Å²) in [6.45, 7) is 3.59. The fraction of sp³-hybridized carbons (Fsp3) is 0.143. The molecule has 5 nitrogen and oxygen atoms in total. The van der Waals surface area contributed by atoms with Crippen LogP contribution < -0.4 is 0 Å². The molecule has 0 fully saturated rings. The zero-order valence-corrected chi connectivity index (χ0v) is 15.6. The molecule has 3 aromatic carbocycles. The summed E-state index contributed by atoms with van der Waals surface area (Å²) in [4.78, 5) is 0.116. The fourth-order valence-corrected chi connectivity index (χ4v) is 5.26. The van der Waals surface area contributed by atoms with Gasteiger partial charge in [0.25, 0.3) is 10.1 Å². The molecule has 0 bridgehead atoms. The van der Waals surface area contributed by atoms with E-state index in [9.17, 15) is 18.6 Å². The molecule has 0 atom stereocenters. The van der Waals surface area contributed by atoms with Gasteiger partial charge in [-0.05, 0) is 66.4 Å². The summed E-state index contributed by atoms with van der Waals surface area (Å²) in [5.41, 5.74) is 1.71. The van der Waals surface area contributed by atoms with Crippen LogP contribution >= 0.6 is 0 Å². The second-order valence-corrected chi connectivity index (χ2v) is 8.23. The molecule has 0 aliphatic carbocycles. The van der Waals surface area contributed by atoms with Crippen molar-refractivity contribution in [3.63, 3.8) is 0 Å². The monoisotopic (exact) mass is 386 g/mol. The van der Waals surface area contributed by atoms with Gasteiger partial charge in [-0.3, -0.25) is 0 Å². The van der Waals surface area contributed by atoms with E-state index in [1.807, 2.05) is 0 Å². The Morgan fingerprint density at radius 3 is 1.81 bits per heavy atom. The summed E-state index contributed by atoms with van der Waals surface area (Å²) in [6.07, 6.45) is 0. The van der Waals surface area contributed by atoms with Crippen molar-refractivity contribution in [2.75, 3.05) is 0 Å². The van der Waals surface area contributed by atoms with Crippen molar-refractivity contribution in [1.29, 1.82) is 0 Å². The molecule has 0 amide bonds. The van der Waals surface area contributed by atoms with Gasteiger partial charge in [-0.2, -0.15) is 8.42 Å². The van der Waals surface area contributed by atoms with E-state index in [1.54, 1.807) is 56.3 Å². The number of phenols is 2. The Kier molecular flexibility index (Phi) is 3.80. The van der Waals surface area contributed by atoms with Gasteiger partial charge in [0.1, 0.15) is 16.4 Å². The number of hydrogen-bond acceptors (Lipinski definition) is 5. The van der Waals surface area contributed by atoms with E-state index in [1.165, 1.54) is 18.2 Å². The van der Waals surface area contributed by atoms with Crippen LogP contribution in [-0.2, 0) is 19.9 Å². The van der Waals surface area contributed by atoms with Gasteiger partial charge in [-0.1, -0.05) is 30.3 Å². The maximum absolute atomic E-state index is 12.9. The number of hydrogen-bond donors (Lipinski definition) is 2. The van der Waals surface area contributed by atoms with Crippen LogP contribution in [0.2, 0.25) is 0 Å². The zero-order chi connectivity index (χ0) is 19.4. The molecule has 6 heteroatoms. The zero-order valence-electron chi connectivity index (χ0n) is 14.8. The van der Waals surface area contributed by atoms with Gasteiger partial charge >= 0.3 is 0 Å². The van der Waals surface area contributed by atoms with Crippen molar-refractivity contribution in [2.24, 2.45) is 0 Å². The lowest BCUT2D eigenvalue weighted by Gasteiger charge is -2.32. The van der Waals surface area contributed by atoms with Gasteiger partial charge in [0.2, 0.25) is 0 Å². The third kappa shape index (κ3) is 2.52. The second kappa shape index (κ2) is 5.84. The van der Waals surface area contributed by atoms with Crippen LogP contribution in [-0.4, -0.2) is 18.6 Å². The maximum Gasteiger partial charge on any atom is 0.298 e. The number of aromatic hydroxyl groups is 2. The predicted molar refractivity (Wildman–Crippen MR) is 100 cm³/mol. The first kappa shape index (κ1) is 17.6. The molecule has 0 unspecified atom stereocenters. The number of benzene rings is 3. The third-order valence-electron chi connectivity index (χ3n) is 4.95. The van der Waals surface area contributed by atoms with Gasteiger partial charge in [0.15, 0.2) is 5.60 Å². The number of fused-ring (bicyclic) bond motifs is 1. The van der Waals surface area contributed by atoms with Crippen LogP contribution in [0.5, 0.6) is 11.5 Å². The first-order valence-electron chi connectivity index (χ1n) is 8.41. The molecule has 3 aromatic rings. The van der Waals surface area contributed by atoms with Crippen LogP contribution in [0.25, 0.3) is 0 Å². The molecular formula is C21H18O5S. The molecule has 1 heterocycles. The van der Waals surface area contributed by atoms with E-state index in [-0.39, 0.29) is 16.4 Å². The first-order valence-corrected chi connectivity index (χ1v) is 9.82. The molecule has 2 N–H and O–H groups in total. The molecule has 27 heavy (non-hydrogen) atoms. The minimum atomic E-state index is -3.99. The number of rotatable bonds is 2. The SMILES string of the molecule is [14CH3]c1cc(O)ccc1C1(c2ccc(O)cc2[14CH3])OS(=O)(=O)c2ccccc21. The van der Waals surface area contributed by atoms with Gasteiger partial charge in [0.05, 0.1) is 0 Å². The van der Waals surface area contributed by atoms with Crippen LogP contribution in [0.1, 0.15) is 27.8 Å². The fourth-order valence-electron chi connectivity index (χ4n) is 3.84. The Bertz CT molecular complexity index is 1110. The van der Waals surface area contributed by atoms with Gasteiger partial charge < -0.3 is 10.2 Å². The Morgan fingerprint density at radius 2 is 1.30 bits per heavy atom. The van der Waals surface area contributed by atoms with Gasteiger partial charge in [-0.25, -0.2) is 4.18 Å². The van der Waals surface area contributed by atoms with Gasteiger partial charge in [0, 0.05) is 5.56 Å². The summed E-state index contributed by atoms with van der Waals surface area (Å²) >= 11 is 0. The molecule has 4 rings (SSSR count). The van der Waals surface area contributed by atoms with E-state index in [0.29, 0.717) is 27.8 Å². The second-order valence-electron chi connectivity index (χ2n) is 6.71. The molecule has 1 aliphatic heterocycles. The molecule has 138 valence electrons. The molecule has 0 spiro atoms. The molecule has 0 saturated heterocycles. The minimum absolute atomic E-state index is 0.0861. The highest BCUT2D eigenvalue weighted by atomic mass is 32.2. The van der Waals surface area contributed by atoms with Gasteiger partial charge in [-0.15, -0.1) is 0 Å². The lowest BCUT2D eigenvalue weighted by atomic mass is 9.79. The molecule has 0 radical (unpaired) electrons. The third-order valence-corrected chi connectivity index (χ3v) is 6.31. The Balaban J connectivity index is 2.16.